The maximum atomic E-state index is 6.63. The second-order valence-corrected chi connectivity index (χ2v) is 28.9. The van der Waals surface area contributed by atoms with Crippen LogP contribution in [0.2, 0.25) is 78.6 Å². The zero-order valence-corrected chi connectivity index (χ0v) is 23.1. The van der Waals surface area contributed by atoms with Gasteiger partial charge in [-0.1, -0.05) is 0 Å². The molecule has 0 bridgehead atoms. The first-order valence-electron chi connectivity index (χ1n) is 9.69. The maximum Gasteiger partial charge on any atom is 0.187 e. The van der Waals surface area contributed by atoms with Gasteiger partial charge < -0.3 is 22.4 Å². The molecule has 4 atom stereocenters. The number of rotatable bonds is 8. The first-order valence-corrected chi connectivity index (χ1v) is 23.3. The highest BCUT2D eigenvalue weighted by Gasteiger charge is 2.48. The highest BCUT2D eigenvalue weighted by Crippen LogP contribution is 2.31. The summed E-state index contributed by atoms with van der Waals surface area (Å²) in [4.78, 5) is 0. The van der Waals surface area contributed by atoms with Crippen LogP contribution in [0.5, 0.6) is 0 Å². The zero-order chi connectivity index (χ0) is 20.6. The monoisotopic (exact) mass is 438 g/mol. The van der Waals surface area contributed by atoms with Crippen molar-refractivity contribution in [3.05, 3.63) is 0 Å². The van der Waals surface area contributed by atoms with Crippen molar-refractivity contribution in [2.75, 3.05) is 6.61 Å². The summed E-state index contributed by atoms with van der Waals surface area (Å²) in [5.74, 6) is 0. The van der Waals surface area contributed by atoms with Gasteiger partial charge in [-0.2, -0.15) is 0 Å². The molecule has 1 aliphatic rings. The lowest BCUT2D eigenvalue weighted by Crippen LogP contribution is -2.63. The second-order valence-electron chi connectivity index (χ2n) is 11.1. The molecule has 156 valence electrons. The van der Waals surface area contributed by atoms with E-state index in [9.17, 15) is 0 Å². The minimum Gasteiger partial charge on any atom is -0.410 e. The molecule has 9 heteroatoms. The second kappa shape index (κ2) is 8.58. The SMILES string of the molecule is C[Si](C)(C)O[C@@H]1OC[C@H](O[Si](C)(C)C)[C@@H](O[Si](C)(C)C)[C@H]1O[Si](C)(C)C. The van der Waals surface area contributed by atoms with Gasteiger partial charge in [0, 0.05) is 0 Å². The van der Waals surface area contributed by atoms with Crippen molar-refractivity contribution in [1.29, 1.82) is 0 Å². The summed E-state index contributed by atoms with van der Waals surface area (Å²) < 4.78 is 32.2. The summed E-state index contributed by atoms with van der Waals surface area (Å²) in [6, 6.07) is 0. The lowest BCUT2D eigenvalue weighted by atomic mass is 10.1. The van der Waals surface area contributed by atoms with E-state index in [2.05, 4.69) is 78.6 Å². The van der Waals surface area contributed by atoms with E-state index >= 15 is 0 Å². The molecule has 0 N–H and O–H groups in total. The van der Waals surface area contributed by atoms with Crippen LogP contribution in [0.1, 0.15) is 0 Å². The summed E-state index contributed by atoms with van der Waals surface area (Å²) >= 11 is 0. The number of hydrogen-bond donors (Lipinski definition) is 0. The molecule has 0 spiro atoms. The molecule has 1 saturated heterocycles. The number of hydrogen-bond acceptors (Lipinski definition) is 5. The van der Waals surface area contributed by atoms with Crippen molar-refractivity contribution in [3.63, 3.8) is 0 Å². The van der Waals surface area contributed by atoms with Crippen LogP contribution < -0.4 is 0 Å². The Morgan fingerprint density at radius 3 is 1.31 bits per heavy atom. The minimum absolute atomic E-state index is 0.101. The topological polar surface area (TPSA) is 46.2 Å². The Hall–Kier alpha value is 0.668. The van der Waals surface area contributed by atoms with Gasteiger partial charge in [-0.15, -0.1) is 0 Å². The molecule has 1 aliphatic heterocycles. The molecular formula is C17H42O5Si4. The summed E-state index contributed by atoms with van der Waals surface area (Å²) in [5.41, 5.74) is 0. The normalized spacial score (nSPS) is 29.1. The van der Waals surface area contributed by atoms with E-state index in [4.69, 9.17) is 22.4 Å². The van der Waals surface area contributed by atoms with E-state index in [0.717, 1.165) is 0 Å². The maximum absolute atomic E-state index is 6.63. The van der Waals surface area contributed by atoms with E-state index in [1.165, 1.54) is 0 Å². The molecule has 0 aromatic rings. The highest BCUT2D eigenvalue weighted by molar-refractivity contribution is 6.71. The first kappa shape index (κ1) is 24.7. The van der Waals surface area contributed by atoms with Crippen LogP contribution in [0.3, 0.4) is 0 Å². The van der Waals surface area contributed by atoms with E-state index < -0.39 is 33.3 Å². The molecule has 0 aliphatic carbocycles. The molecule has 1 heterocycles. The van der Waals surface area contributed by atoms with Gasteiger partial charge in [-0.25, -0.2) is 0 Å². The molecule has 0 amide bonds. The highest BCUT2D eigenvalue weighted by atomic mass is 28.4. The standard InChI is InChI=1S/C17H42O5Si4/c1-23(2,3)19-14-13-18-17(22-26(10,11)12)16(21-25(7,8)9)15(14)20-24(4,5)6/h14-17H,13H2,1-12H3/t14-,15+,16+,17-/m0/s1. The quantitative estimate of drug-likeness (QED) is 0.507. The molecule has 0 aromatic heterocycles. The molecule has 26 heavy (non-hydrogen) atoms. The van der Waals surface area contributed by atoms with E-state index in [1.807, 2.05) is 0 Å². The van der Waals surface area contributed by atoms with Gasteiger partial charge in [-0.05, 0) is 78.6 Å². The molecule has 1 rings (SSSR count). The fraction of sp³-hybridized carbons (Fsp3) is 1.00. The van der Waals surface area contributed by atoms with E-state index in [1.54, 1.807) is 0 Å². The Morgan fingerprint density at radius 1 is 0.538 bits per heavy atom. The summed E-state index contributed by atoms with van der Waals surface area (Å²) in [6.07, 6.45) is -0.863. The summed E-state index contributed by atoms with van der Waals surface area (Å²) in [6.45, 7) is 26.9. The molecule has 0 unspecified atom stereocenters. The van der Waals surface area contributed by atoms with Crippen molar-refractivity contribution >= 4 is 33.3 Å². The Labute approximate surface area is 165 Å². The summed E-state index contributed by atoms with van der Waals surface area (Å²) in [5, 5.41) is 0. The Bertz CT molecular complexity index is 406. The average molecular weight is 439 g/mol. The largest absolute Gasteiger partial charge is 0.410 e. The van der Waals surface area contributed by atoms with Gasteiger partial charge in [0.15, 0.2) is 39.6 Å². The van der Waals surface area contributed by atoms with Gasteiger partial charge >= 0.3 is 0 Å². The van der Waals surface area contributed by atoms with Gasteiger partial charge in [-0.3, -0.25) is 0 Å². The third kappa shape index (κ3) is 9.74. The van der Waals surface area contributed by atoms with E-state index in [-0.39, 0.29) is 24.6 Å². The Balaban J connectivity index is 3.20. The van der Waals surface area contributed by atoms with Crippen LogP contribution in [-0.2, 0) is 22.4 Å². The lowest BCUT2D eigenvalue weighted by molar-refractivity contribution is -0.232. The molecule has 0 aromatic carbocycles. The fourth-order valence-electron chi connectivity index (χ4n) is 2.83. The lowest BCUT2D eigenvalue weighted by Gasteiger charge is -2.48. The predicted octanol–water partition coefficient (Wildman–Crippen LogP) is 4.85. The molecule has 0 radical (unpaired) electrons. The van der Waals surface area contributed by atoms with Gasteiger partial charge in [0.2, 0.25) is 0 Å². The van der Waals surface area contributed by atoms with Crippen LogP contribution in [0, 0.1) is 0 Å². The molecule has 5 nitrogen and oxygen atoms in total. The predicted molar refractivity (Wildman–Crippen MR) is 119 cm³/mol. The smallest absolute Gasteiger partial charge is 0.187 e. The van der Waals surface area contributed by atoms with Gasteiger partial charge in [0.25, 0.3) is 0 Å². The minimum atomic E-state index is -1.82. The van der Waals surface area contributed by atoms with Crippen molar-refractivity contribution < 1.29 is 22.4 Å². The van der Waals surface area contributed by atoms with Crippen LogP contribution in [0.15, 0.2) is 0 Å². The van der Waals surface area contributed by atoms with Crippen LogP contribution >= 0.6 is 0 Å². The molecule has 0 saturated carbocycles. The summed E-state index contributed by atoms with van der Waals surface area (Å²) in [7, 11) is -7.14. The van der Waals surface area contributed by atoms with Crippen LogP contribution in [-0.4, -0.2) is 64.5 Å². The zero-order valence-electron chi connectivity index (χ0n) is 19.1. The third-order valence-electron chi connectivity index (χ3n) is 3.34. The van der Waals surface area contributed by atoms with Crippen molar-refractivity contribution in [2.24, 2.45) is 0 Å². The number of ether oxygens (including phenoxy) is 1. The Kier molecular flexibility index (Phi) is 8.15. The fourth-order valence-corrected chi connectivity index (χ4v) is 7.01. The average Bonchev–Trinajstić information content (AvgIpc) is 2.30. The van der Waals surface area contributed by atoms with Crippen molar-refractivity contribution in [1.82, 2.24) is 0 Å². The van der Waals surface area contributed by atoms with E-state index in [0.29, 0.717) is 6.61 Å². The van der Waals surface area contributed by atoms with Crippen molar-refractivity contribution in [2.45, 2.75) is 103 Å². The van der Waals surface area contributed by atoms with Gasteiger partial charge in [0.05, 0.1) is 12.7 Å². The molecule has 1 fully saturated rings. The van der Waals surface area contributed by atoms with Crippen molar-refractivity contribution in [3.8, 4) is 0 Å². The van der Waals surface area contributed by atoms with Crippen LogP contribution in [0.25, 0.3) is 0 Å². The van der Waals surface area contributed by atoms with Crippen LogP contribution in [0.4, 0.5) is 0 Å². The first-order chi connectivity index (χ1) is 11.4. The Morgan fingerprint density at radius 2 is 0.923 bits per heavy atom. The third-order valence-corrected chi connectivity index (χ3v) is 7.24. The molecular weight excluding hydrogens is 397 g/mol. The van der Waals surface area contributed by atoms with Gasteiger partial charge in [0.1, 0.15) is 12.2 Å².